The first-order valence-corrected chi connectivity index (χ1v) is 5.09. The van der Waals surface area contributed by atoms with Crippen LogP contribution in [-0.4, -0.2) is 41.4 Å². The van der Waals surface area contributed by atoms with E-state index in [2.05, 4.69) is 20.6 Å². The number of aromatic nitrogens is 2. The third-order valence-electron chi connectivity index (χ3n) is 2.46. The predicted octanol–water partition coefficient (Wildman–Crippen LogP) is 0.0326. The third kappa shape index (κ3) is 3.52. The maximum Gasteiger partial charge on any atom is 0.196 e. The highest BCUT2D eigenvalue weighted by atomic mass is 35.5. The van der Waals surface area contributed by atoms with E-state index < -0.39 is 0 Å². The van der Waals surface area contributed by atoms with Crippen molar-refractivity contribution in [1.29, 1.82) is 0 Å². The Kier molecular flexibility index (Phi) is 5.31. The van der Waals surface area contributed by atoms with E-state index in [-0.39, 0.29) is 18.2 Å². The standard InChI is InChI=1S/C10H14N4O.ClH/c15-10(9-6-12-3-4-13-9)7-14-8-1-2-11-5-8;/h3-4,6,8,11,14H,1-2,5,7H2;1H/t8-;/m0./s1. The van der Waals surface area contributed by atoms with E-state index in [1.165, 1.54) is 12.4 Å². The lowest BCUT2D eigenvalue weighted by Crippen LogP contribution is -2.35. The molecule has 88 valence electrons. The molecule has 2 heterocycles. The maximum atomic E-state index is 11.6. The van der Waals surface area contributed by atoms with Crippen molar-refractivity contribution in [2.45, 2.75) is 12.5 Å². The van der Waals surface area contributed by atoms with Crippen LogP contribution in [0.1, 0.15) is 16.9 Å². The Morgan fingerprint density at radius 2 is 2.44 bits per heavy atom. The fraction of sp³-hybridized carbons (Fsp3) is 0.500. The molecule has 0 aliphatic carbocycles. The summed E-state index contributed by atoms with van der Waals surface area (Å²) in [7, 11) is 0. The molecule has 1 aliphatic heterocycles. The Hall–Kier alpha value is -1.04. The van der Waals surface area contributed by atoms with Crippen LogP contribution in [-0.2, 0) is 0 Å². The van der Waals surface area contributed by atoms with Gasteiger partial charge >= 0.3 is 0 Å². The molecule has 1 aliphatic rings. The summed E-state index contributed by atoms with van der Waals surface area (Å²) in [5, 5.41) is 6.43. The van der Waals surface area contributed by atoms with Gasteiger partial charge in [-0.25, -0.2) is 4.98 Å². The average molecular weight is 243 g/mol. The Morgan fingerprint density at radius 1 is 1.56 bits per heavy atom. The highest BCUT2D eigenvalue weighted by Crippen LogP contribution is 1.97. The SMILES string of the molecule is Cl.O=C(CN[C@H]1CCNC1)c1cnccn1. The number of hydrogen-bond acceptors (Lipinski definition) is 5. The van der Waals surface area contributed by atoms with Crippen LogP contribution in [0.15, 0.2) is 18.6 Å². The molecule has 0 bridgehead atoms. The molecule has 0 spiro atoms. The molecule has 1 aromatic heterocycles. The highest BCUT2D eigenvalue weighted by molar-refractivity contribution is 5.95. The lowest BCUT2D eigenvalue weighted by atomic mass is 10.2. The second-order valence-electron chi connectivity index (χ2n) is 3.58. The monoisotopic (exact) mass is 242 g/mol. The first-order chi connectivity index (χ1) is 7.36. The van der Waals surface area contributed by atoms with E-state index in [4.69, 9.17) is 0 Å². The molecule has 0 radical (unpaired) electrons. The number of rotatable bonds is 4. The number of nitrogens with one attached hydrogen (secondary N) is 2. The van der Waals surface area contributed by atoms with Crippen LogP contribution in [0.3, 0.4) is 0 Å². The van der Waals surface area contributed by atoms with Gasteiger partial charge in [-0.3, -0.25) is 9.78 Å². The smallest absolute Gasteiger partial charge is 0.196 e. The van der Waals surface area contributed by atoms with Crippen molar-refractivity contribution in [2.75, 3.05) is 19.6 Å². The van der Waals surface area contributed by atoms with Crippen molar-refractivity contribution in [1.82, 2.24) is 20.6 Å². The van der Waals surface area contributed by atoms with Gasteiger partial charge in [-0.2, -0.15) is 0 Å². The molecule has 6 heteroatoms. The van der Waals surface area contributed by atoms with Gasteiger partial charge in [0.1, 0.15) is 5.69 Å². The topological polar surface area (TPSA) is 66.9 Å². The van der Waals surface area contributed by atoms with Gasteiger partial charge in [-0.15, -0.1) is 12.4 Å². The maximum absolute atomic E-state index is 11.6. The van der Waals surface area contributed by atoms with E-state index in [9.17, 15) is 4.79 Å². The largest absolute Gasteiger partial charge is 0.315 e. The first-order valence-electron chi connectivity index (χ1n) is 5.09. The summed E-state index contributed by atoms with van der Waals surface area (Å²) in [5.74, 6) is -0.00463. The van der Waals surface area contributed by atoms with Crippen LogP contribution >= 0.6 is 12.4 Å². The van der Waals surface area contributed by atoms with Gasteiger partial charge in [-0.1, -0.05) is 0 Å². The third-order valence-corrected chi connectivity index (χ3v) is 2.46. The molecule has 16 heavy (non-hydrogen) atoms. The van der Waals surface area contributed by atoms with Crippen LogP contribution in [0.2, 0.25) is 0 Å². The van der Waals surface area contributed by atoms with Gasteiger partial charge in [0, 0.05) is 25.0 Å². The van der Waals surface area contributed by atoms with Crippen molar-refractivity contribution in [2.24, 2.45) is 0 Å². The zero-order valence-corrected chi connectivity index (χ0v) is 9.67. The lowest BCUT2D eigenvalue weighted by Gasteiger charge is -2.09. The molecule has 2 N–H and O–H groups in total. The van der Waals surface area contributed by atoms with E-state index in [0.717, 1.165) is 19.5 Å². The molecular weight excluding hydrogens is 228 g/mol. The number of carbonyl (C=O) groups excluding carboxylic acids is 1. The molecule has 2 rings (SSSR count). The number of Topliss-reactive ketones (excluding diaryl/α,β-unsaturated/α-hetero) is 1. The van der Waals surface area contributed by atoms with Crippen LogP contribution in [0.5, 0.6) is 0 Å². The highest BCUT2D eigenvalue weighted by Gasteiger charge is 2.15. The lowest BCUT2D eigenvalue weighted by molar-refractivity contribution is 0.0983. The summed E-state index contributed by atoms with van der Waals surface area (Å²) < 4.78 is 0. The number of nitrogens with zero attached hydrogens (tertiary/aromatic N) is 2. The molecule has 0 aromatic carbocycles. The van der Waals surface area contributed by atoms with Gasteiger partial charge in [0.15, 0.2) is 5.78 Å². The van der Waals surface area contributed by atoms with Crippen molar-refractivity contribution in [3.05, 3.63) is 24.3 Å². The molecule has 5 nitrogen and oxygen atoms in total. The van der Waals surface area contributed by atoms with Gasteiger partial charge in [0.25, 0.3) is 0 Å². The van der Waals surface area contributed by atoms with Gasteiger partial charge < -0.3 is 10.6 Å². The summed E-state index contributed by atoms with van der Waals surface area (Å²) in [4.78, 5) is 19.4. The number of halogens is 1. The quantitative estimate of drug-likeness (QED) is 0.730. The van der Waals surface area contributed by atoms with Crippen molar-refractivity contribution >= 4 is 18.2 Å². The zero-order chi connectivity index (χ0) is 10.5. The molecular formula is C10H15ClN4O. The summed E-state index contributed by atoms with van der Waals surface area (Å²) in [6, 6.07) is 0.408. The summed E-state index contributed by atoms with van der Waals surface area (Å²) in [5.41, 5.74) is 0.427. The molecule has 1 aromatic rings. The van der Waals surface area contributed by atoms with E-state index in [1.54, 1.807) is 6.20 Å². The van der Waals surface area contributed by atoms with E-state index in [0.29, 0.717) is 18.3 Å². The normalized spacial score (nSPS) is 19.1. The molecule has 0 saturated carbocycles. The van der Waals surface area contributed by atoms with Gasteiger partial charge in [0.2, 0.25) is 0 Å². The second-order valence-corrected chi connectivity index (χ2v) is 3.58. The van der Waals surface area contributed by atoms with Gasteiger partial charge in [0.05, 0.1) is 12.7 Å². The molecule has 0 unspecified atom stereocenters. The fourth-order valence-corrected chi connectivity index (χ4v) is 1.60. The Labute approximate surface area is 100 Å². The minimum atomic E-state index is -0.00463. The van der Waals surface area contributed by atoms with E-state index >= 15 is 0 Å². The van der Waals surface area contributed by atoms with Crippen molar-refractivity contribution in [3.8, 4) is 0 Å². The van der Waals surface area contributed by atoms with Crippen LogP contribution in [0.25, 0.3) is 0 Å². The number of carbonyl (C=O) groups is 1. The molecule has 0 amide bonds. The minimum Gasteiger partial charge on any atom is -0.315 e. The first kappa shape index (κ1) is 13.0. The Morgan fingerprint density at radius 3 is 3.06 bits per heavy atom. The summed E-state index contributed by atoms with van der Waals surface area (Å²) >= 11 is 0. The number of hydrogen-bond donors (Lipinski definition) is 2. The second kappa shape index (κ2) is 6.52. The van der Waals surface area contributed by atoms with Crippen molar-refractivity contribution < 1.29 is 4.79 Å². The zero-order valence-electron chi connectivity index (χ0n) is 8.85. The predicted molar refractivity (Wildman–Crippen MR) is 62.9 cm³/mol. The summed E-state index contributed by atoms with van der Waals surface area (Å²) in [6.07, 6.45) is 5.67. The number of ketones is 1. The van der Waals surface area contributed by atoms with Gasteiger partial charge in [-0.05, 0) is 13.0 Å². The molecule has 1 atom stereocenters. The van der Waals surface area contributed by atoms with Crippen LogP contribution in [0.4, 0.5) is 0 Å². The molecule has 1 saturated heterocycles. The Balaban J connectivity index is 0.00000128. The van der Waals surface area contributed by atoms with E-state index in [1.807, 2.05) is 0 Å². The summed E-state index contributed by atoms with van der Waals surface area (Å²) in [6.45, 7) is 2.30. The van der Waals surface area contributed by atoms with Crippen LogP contribution in [0, 0.1) is 0 Å². The molecule has 1 fully saturated rings. The minimum absolute atomic E-state index is 0. The van der Waals surface area contributed by atoms with Crippen LogP contribution < -0.4 is 10.6 Å². The average Bonchev–Trinajstić information content (AvgIpc) is 2.80. The van der Waals surface area contributed by atoms with Crippen molar-refractivity contribution in [3.63, 3.8) is 0 Å². The Bertz CT molecular complexity index is 327. The fourth-order valence-electron chi connectivity index (χ4n) is 1.60.